The van der Waals surface area contributed by atoms with Gasteiger partial charge in [-0.05, 0) is 30.3 Å². The number of halogens is 1. The largest absolute Gasteiger partial charge is 0.459 e. The molecular formula is C18H17ClN4O3. The molecule has 0 aliphatic carbocycles. The van der Waals surface area contributed by atoms with Crippen LogP contribution in [0.4, 0.5) is 5.69 Å². The maximum absolute atomic E-state index is 12.2. The number of nitriles is 1. The first-order chi connectivity index (χ1) is 12.6. The average Bonchev–Trinajstić information content (AvgIpc) is 3.16. The lowest BCUT2D eigenvalue weighted by molar-refractivity contribution is -0.117. The third kappa shape index (κ3) is 4.23. The minimum atomic E-state index is -0.170. The summed E-state index contributed by atoms with van der Waals surface area (Å²) in [6, 6.07) is 10.1. The number of benzene rings is 1. The first-order valence-corrected chi connectivity index (χ1v) is 8.49. The quantitative estimate of drug-likeness (QED) is 0.888. The van der Waals surface area contributed by atoms with Gasteiger partial charge in [0.1, 0.15) is 6.07 Å². The van der Waals surface area contributed by atoms with Gasteiger partial charge in [-0.2, -0.15) is 5.26 Å². The molecule has 2 heterocycles. The van der Waals surface area contributed by atoms with Gasteiger partial charge >= 0.3 is 0 Å². The van der Waals surface area contributed by atoms with Crippen LogP contribution in [0.1, 0.15) is 16.1 Å². The van der Waals surface area contributed by atoms with Crippen molar-refractivity contribution in [3.05, 3.63) is 52.9 Å². The van der Waals surface area contributed by atoms with Crippen LogP contribution in [0.3, 0.4) is 0 Å². The minimum Gasteiger partial charge on any atom is -0.459 e. The molecule has 1 aliphatic rings. The monoisotopic (exact) mass is 372 g/mol. The number of rotatable bonds is 4. The molecule has 0 radical (unpaired) electrons. The summed E-state index contributed by atoms with van der Waals surface area (Å²) in [4.78, 5) is 28.1. The van der Waals surface area contributed by atoms with E-state index in [4.69, 9.17) is 21.3 Å². The number of furan rings is 1. The van der Waals surface area contributed by atoms with E-state index in [1.165, 1.54) is 6.26 Å². The minimum absolute atomic E-state index is 0.133. The fraction of sp³-hybridized carbons (Fsp3) is 0.278. The molecule has 2 aromatic rings. The van der Waals surface area contributed by atoms with Crippen molar-refractivity contribution in [3.8, 4) is 6.07 Å². The standard InChI is InChI=1S/C18H17ClN4O3/c19-15-10-14(4-3-13(15)11-20)21-17(24)12-22-5-7-23(8-6-22)18(25)16-2-1-9-26-16/h1-4,9-10H,5-8,12H2,(H,21,24). The summed E-state index contributed by atoms with van der Waals surface area (Å²) in [5.41, 5.74) is 0.910. The van der Waals surface area contributed by atoms with E-state index in [-0.39, 0.29) is 18.4 Å². The Bertz CT molecular complexity index is 837. The number of nitrogens with zero attached hydrogens (tertiary/aromatic N) is 3. The Morgan fingerprint density at radius 2 is 2.00 bits per heavy atom. The summed E-state index contributed by atoms with van der Waals surface area (Å²) < 4.78 is 5.13. The lowest BCUT2D eigenvalue weighted by Crippen LogP contribution is -2.50. The molecule has 1 N–H and O–H groups in total. The first-order valence-electron chi connectivity index (χ1n) is 8.11. The lowest BCUT2D eigenvalue weighted by atomic mass is 10.2. The normalized spacial score (nSPS) is 14.7. The zero-order chi connectivity index (χ0) is 18.5. The molecule has 26 heavy (non-hydrogen) atoms. The Morgan fingerprint density at radius 1 is 1.23 bits per heavy atom. The molecule has 1 aliphatic heterocycles. The first kappa shape index (κ1) is 18.0. The highest BCUT2D eigenvalue weighted by Crippen LogP contribution is 2.20. The number of anilines is 1. The van der Waals surface area contributed by atoms with Gasteiger partial charge in [-0.1, -0.05) is 11.6 Å². The van der Waals surface area contributed by atoms with Crippen molar-refractivity contribution in [1.82, 2.24) is 9.80 Å². The maximum atomic E-state index is 12.2. The van der Waals surface area contributed by atoms with Gasteiger partial charge in [0.25, 0.3) is 5.91 Å². The summed E-state index contributed by atoms with van der Waals surface area (Å²) in [6.07, 6.45) is 1.48. The second-order valence-electron chi connectivity index (χ2n) is 5.90. The van der Waals surface area contributed by atoms with Crippen LogP contribution in [0.5, 0.6) is 0 Å². The molecule has 1 aromatic carbocycles. The topological polar surface area (TPSA) is 89.6 Å². The summed E-state index contributed by atoms with van der Waals surface area (Å²) >= 11 is 5.96. The van der Waals surface area contributed by atoms with Crippen LogP contribution in [0.15, 0.2) is 41.0 Å². The third-order valence-corrected chi connectivity index (χ3v) is 4.44. The molecule has 0 unspecified atom stereocenters. The maximum Gasteiger partial charge on any atom is 0.289 e. The highest BCUT2D eigenvalue weighted by molar-refractivity contribution is 6.32. The van der Waals surface area contributed by atoms with Gasteiger partial charge in [0.15, 0.2) is 5.76 Å². The molecule has 0 saturated carbocycles. The molecule has 7 nitrogen and oxygen atoms in total. The van der Waals surface area contributed by atoms with Crippen LogP contribution in [-0.2, 0) is 4.79 Å². The van der Waals surface area contributed by atoms with Gasteiger partial charge in [0.2, 0.25) is 5.91 Å². The predicted octanol–water partition coefficient (Wildman–Crippen LogP) is 2.20. The Labute approximate surface area is 155 Å². The van der Waals surface area contributed by atoms with Crippen molar-refractivity contribution in [3.63, 3.8) is 0 Å². The second-order valence-corrected chi connectivity index (χ2v) is 6.31. The van der Waals surface area contributed by atoms with Crippen LogP contribution in [-0.4, -0.2) is 54.3 Å². The summed E-state index contributed by atoms with van der Waals surface area (Å²) in [5, 5.41) is 11.9. The molecule has 1 saturated heterocycles. The van der Waals surface area contributed by atoms with E-state index in [1.54, 1.807) is 35.2 Å². The fourth-order valence-corrected chi connectivity index (χ4v) is 2.98. The van der Waals surface area contributed by atoms with E-state index in [1.807, 2.05) is 11.0 Å². The van der Waals surface area contributed by atoms with Crippen molar-refractivity contribution < 1.29 is 14.0 Å². The Kier molecular flexibility index (Phi) is 5.56. The Morgan fingerprint density at radius 3 is 2.62 bits per heavy atom. The van der Waals surface area contributed by atoms with Crippen LogP contribution >= 0.6 is 11.6 Å². The van der Waals surface area contributed by atoms with E-state index in [9.17, 15) is 9.59 Å². The zero-order valence-electron chi connectivity index (χ0n) is 13.9. The van der Waals surface area contributed by atoms with Gasteiger partial charge in [0.05, 0.1) is 23.4 Å². The highest BCUT2D eigenvalue weighted by atomic mass is 35.5. The molecule has 8 heteroatoms. The molecule has 1 aromatic heterocycles. The predicted molar refractivity (Wildman–Crippen MR) is 95.8 cm³/mol. The molecule has 1 fully saturated rings. The summed E-state index contributed by atoms with van der Waals surface area (Å²) in [5.74, 6) is 0.0248. The van der Waals surface area contributed by atoms with Crippen molar-refractivity contribution >= 4 is 29.1 Å². The lowest BCUT2D eigenvalue weighted by Gasteiger charge is -2.33. The van der Waals surface area contributed by atoms with E-state index in [0.29, 0.717) is 48.2 Å². The van der Waals surface area contributed by atoms with Gasteiger partial charge < -0.3 is 14.6 Å². The van der Waals surface area contributed by atoms with Gasteiger partial charge in [-0.25, -0.2) is 0 Å². The smallest absolute Gasteiger partial charge is 0.289 e. The number of nitrogens with one attached hydrogen (secondary N) is 1. The number of hydrogen-bond acceptors (Lipinski definition) is 5. The number of amides is 2. The molecule has 0 atom stereocenters. The van der Waals surface area contributed by atoms with Crippen molar-refractivity contribution in [2.24, 2.45) is 0 Å². The van der Waals surface area contributed by atoms with E-state index >= 15 is 0 Å². The fourth-order valence-electron chi connectivity index (χ4n) is 2.75. The molecule has 0 bridgehead atoms. The Hall–Kier alpha value is -2.82. The van der Waals surface area contributed by atoms with Crippen molar-refractivity contribution in [2.75, 3.05) is 38.0 Å². The summed E-state index contributed by atoms with van der Waals surface area (Å²) in [7, 11) is 0. The molecule has 3 rings (SSSR count). The molecular weight excluding hydrogens is 356 g/mol. The highest BCUT2D eigenvalue weighted by Gasteiger charge is 2.24. The average molecular weight is 373 g/mol. The molecule has 0 spiro atoms. The van der Waals surface area contributed by atoms with Crippen LogP contribution in [0.2, 0.25) is 5.02 Å². The number of carbonyl (C=O) groups is 2. The molecule has 2 amide bonds. The van der Waals surface area contributed by atoms with Gasteiger partial charge in [-0.3, -0.25) is 14.5 Å². The van der Waals surface area contributed by atoms with E-state index in [2.05, 4.69) is 5.32 Å². The SMILES string of the molecule is N#Cc1ccc(NC(=O)CN2CCN(C(=O)c3ccco3)CC2)cc1Cl. The van der Waals surface area contributed by atoms with Crippen molar-refractivity contribution in [2.45, 2.75) is 0 Å². The van der Waals surface area contributed by atoms with E-state index < -0.39 is 0 Å². The van der Waals surface area contributed by atoms with Crippen LogP contribution in [0, 0.1) is 11.3 Å². The van der Waals surface area contributed by atoms with Crippen LogP contribution in [0.25, 0.3) is 0 Å². The number of piperazine rings is 1. The Balaban J connectivity index is 1.48. The van der Waals surface area contributed by atoms with E-state index in [0.717, 1.165) is 0 Å². The summed E-state index contributed by atoms with van der Waals surface area (Å²) in [6.45, 7) is 2.51. The van der Waals surface area contributed by atoms with Gasteiger partial charge in [0, 0.05) is 31.9 Å². The third-order valence-electron chi connectivity index (χ3n) is 4.13. The zero-order valence-corrected chi connectivity index (χ0v) is 14.7. The second kappa shape index (κ2) is 8.04. The van der Waals surface area contributed by atoms with Gasteiger partial charge in [-0.15, -0.1) is 0 Å². The van der Waals surface area contributed by atoms with Crippen molar-refractivity contribution in [1.29, 1.82) is 5.26 Å². The molecule has 134 valence electrons. The number of carbonyl (C=O) groups excluding carboxylic acids is 2. The van der Waals surface area contributed by atoms with Crippen LogP contribution < -0.4 is 5.32 Å². The number of hydrogen-bond donors (Lipinski definition) is 1.